The van der Waals surface area contributed by atoms with Crippen LogP contribution in [0.4, 0.5) is 5.82 Å². The quantitative estimate of drug-likeness (QED) is 0.301. The van der Waals surface area contributed by atoms with Crippen molar-refractivity contribution in [2.24, 2.45) is 5.73 Å². The van der Waals surface area contributed by atoms with E-state index in [9.17, 15) is 4.79 Å². The molecule has 9 heteroatoms. The van der Waals surface area contributed by atoms with Crippen molar-refractivity contribution in [1.82, 2.24) is 24.8 Å². The molecule has 1 aliphatic heterocycles. The van der Waals surface area contributed by atoms with Crippen molar-refractivity contribution in [3.63, 3.8) is 0 Å². The van der Waals surface area contributed by atoms with Gasteiger partial charge in [-0.2, -0.15) is 5.26 Å². The number of nitrogens with one attached hydrogen (secondary N) is 1. The van der Waals surface area contributed by atoms with Gasteiger partial charge >= 0.3 is 0 Å². The number of nitriles is 1. The molecule has 5 aromatic rings. The number of amides is 1. The zero-order valence-electron chi connectivity index (χ0n) is 22.4. The second-order valence-corrected chi connectivity index (χ2v) is 10.1. The molecule has 1 amide bonds. The molecule has 0 unspecified atom stereocenters. The van der Waals surface area contributed by atoms with Crippen LogP contribution in [0.15, 0.2) is 85.1 Å². The van der Waals surface area contributed by atoms with Crippen molar-refractivity contribution in [1.29, 1.82) is 5.26 Å². The minimum absolute atomic E-state index is 0.180. The molecule has 1 aliphatic rings. The van der Waals surface area contributed by atoms with Crippen LogP contribution in [0, 0.1) is 11.3 Å². The highest BCUT2D eigenvalue weighted by molar-refractivity contribution is 5.95. The van der Waals surface area contributed by atoms with E-state index in [1.54, 1.807) is 24.4 Å². The molecule has 0 saturated carbocycles. The smallest absolute Gasteiger partial charge is 0.267 e. The van der Waals surface area contributed by atoms with E-state index in [0.29, 0.717) is 22.9 Å². The largest absolute Gasteiger partial charge is 0.367 e. The second kappa shape index (κ2) is 11.5. The van der Waals surface area contributed by atoms with Gasteiger partial charge in [0.1, 0.15) is 17.6 Å². The first-order valence-electron chi connectivity index (χ1n) is 13.5. The number of aromatic nitrogens is 4. The molecule has 3 aromatic heterocycles. The highest BCUT2D eigenvalue weighted by atomic mass is 16.1. The van der Waals surface area contributed by atoms with E-state index < -0.39 is 5.91 Å². The zero-order valence-corrected chi connectivity index (χ0v) is 22.4. The number of likely N-dealkylation sites (tertiary alicyclic amines) is 1. The summed E-state index contributed by atoms with van der Waals surface area (Å²) < 4.78 is 0. The first kappa shape index (κ1) is 26.0. The van der Waals surface area contributed by atoms with Gasteiger partial charge in [0.05, 0.1) is 16.7 Å². The topological polar surface area (TPSA) is 134 Å². The van der Waals surface area contributed by atoms with Crippen molar-refractivity contribution in [2.75, 3.05) is 18.4 Å². The fourth-order valence-corrected chi connectivity index (χ4v) is 5.21. The van der Waals surface area contributed by atoms with Crippen LogP contribution in [-0.2, 0) is 6.54 Å². The summed E-state index contributed by atoms with van der Waals surface area (Å²) in [6.45, 7) is 2.82. The van der Waals surface area contributed by atoms with E-state index in [1.165, 1.54) is 5.56 Å². The third kappa shape index (κ3) is 5.88. The maximum Gasteiger partial charge on any atom is 0.267 e. The van der Waals surface area contributed by atoms with Crippen LogP contribution in [0.25, 0.3) is 33.4 Å². The number of rotatable bonds is 7. The standard InChI is InChI=1S/C32H28N8O/c33-19-30-35-15-12-29(39-30)36-24-13-16-40(17-14-24)20-21-6-8-23(9-7-21)31-25(22-4-2-1-3-5-22)18-28-26(38-31)10-11-27(37-28)32(34)41/h1-12,15,18,24H,13-14,16-17,20H2,(H2,34,41)(H,35,36,39). The van der Waals surface area contributed by atoms with Gasteiger partial charge in [0.2, 0.25) is 5.82 Å². The fraction of sp³-hybridized carbons (Fsp3) is 0.188. The van der Waals surface area contributed by atoms with Crippen LogP contribution in [0.1, 0.15) is 34.7 Å². The van der Waals surface area contributed by atoms with Gasteiger partial charge in [-0.3, -0.25) is 9.69 Å². The summed E-state index contributed by atoms with van der Waals surface area (Å²) in [5, 5.41) is 12.5. The van der Waals surface area contributed by atoms with E-state index in [1.807, 2.05) is 42.5 Å². The Morgan fingerprint density at radius 3 is 2.44 bits per heavy atom. The molecule has 0 radical (unpaired) electrons. The molecule has 4 heterocycles. The molecule has 0 spiro atoms. The van der Waals surface area contributed by atoms with E-state index in [0.717, 1.165) is 54.9 Å². The summed E-state index contributed by atoms with van der Waals surface area (Å²) in [6, 6.07) is 28.1. The minimum atomic E-state index is -0.562. The van der Waals surface area contributed by atoms with Crippen molar-refractivity contribution in [3.8, 4) is 28.5 Å². The summed E-state index contributed by atoms with van der Waals surface area (Å²) in [7, 11) is 0. The Bertz CT molecular complexity index is 1740. The molecule has 0 bridgehead atoms. The number of pyridine rings is 2. The van der Waals surface area contributed by atoms with Crippen molar-refractivity contribution >= 4 is 22.8 Å². The highest BCUT2D eigenvalue weighted by Gasteiger charge is 2.20. The number of nitrogens with zero attached hydrogens (tertiary/aromatic N) is 6. The van der Waals surface area contributed by atoms with Gasteiger partial charge in [-0.05, 0) is 48.2 Å². The second-order valence-electron chi connectivity index (χ2n) is 10.1. The van der Waals surface area contributed by atoms with Crippen molar-refractivity contribution < 1.29 is 4.79 Å². The molecule has 0 aliphatic carbocycles. The van der Waals surface area contributed by atoms with Crippen LogP contribution in [0.5, 0.6) is 0 Å². The summed E-state index contributed by atoms with van der Waals surface area (Å²) in [4.78, 5) is 31.7. The van der Waals surface area contributed by atoms with E-state index in [-0.39, 0.29) is 11.5 Å². The molecule has 0 atom stereocenters. The average Bonchev–Trinajstić information content (AvgIpc) is 3.02. The van der Waals surface area contributed by atoms with Crippen molar-refractivity contribution in [3.05, 3.63) is 102 Å². The van der Waals surface area contributed by atoms with Gasteiger partial charge in [0.25, 0.3) is 5.91 Å². The number of hydrogen-bond donors (Lipinski definition) is 2. The molecule has 1 fully saturated rings. The Kier molecular flexibility index (Phi) is 7.30. The molecule has 6 rings (SSSR count). The molecular formula is C32H28N8O. The number of hydrogen-bond acceptors (Lipinski definition) is 8. The Balaban J connectivity index is 1.18. The van der Waals surface area contributed by atoms with Crippen LogP contribution in [0.2, 0.25) is 0 Å². The van der Waals surface area contributed by atoms with Gasteiger partial charge in [-0.1, -0.05) is 54.6 Å². The Hall–Kier alpha value is -5.20. The molecule has 2 aromatic carbocycles. The lowest BCUT2D eigenvalue weighted by Crippen LogP contribution is -2.38. The number of carbonyl (C=O) groups excluding carboxylic acids is 1. The predicted octanol–water partition coefficient (Wildman–Crippen LogP) is 4.80. The Morgan fingerprint density at radius 2 is 1.71 bits per heavy atom. The number of piperidine rings is 1. The number of primary amides is 1. The number of carbonyl (C=O) groups is 1. The van der Waals surface area contributed by atoms with Gasteiger partial charge in [-0.15, -0.1) is 0 Å². The first-order valence-corrected chi connectivity index (χ1v) is 13.5. The predicted molar refractivity (Wildman–Crippen MR) is 158 cm³/mol. The normalized spacial score (nSPS) is 14.0. The number of anilines is 1. The van der Waals surface area contributed by atoms with Gasteiger partial charge in [-0.25, -0.2) is 19.9 Å². The number of nitrogens with two attached hydrogens (primary N) is 1. The Labute approximate surface area is 237 Å². The van der Waals surface area contributed by atoms with Gasteiger partial charge < -0.3 is 11.1 Å². The summed E-state index contributed by atoms with van der Waals surface area (Å²) in [5.41, 5.74) is 12.1. The zero-order chi connectivity index (χ0) is 28.2. The molecule has 202 valence electrons. The van der Waals surface area contributed by atoms with Gasteiger partial charge in [0.15, 0.2) is 0 Å². The lowest BCUT2D eigenvalue weighted by molar-refractivity contribution is 0.0996. The van der Waals surface area contributed by atoms with Crippen LogP contribution in [0.3, 0.4) is 0 Å². The first-order chi connectivity index (χ1) is 20.1. The third-order valence-electron chi connectivity index (χ3n) is 7.34. The SMILES string of the molecule is N#Cc1nccc(NC2CCN(Cc3ccc(-c4nc5ccc(C(N)=O)nc5cc4-c4ccccc4)cc3)CC2)n1. The lowest BCUT2D eigenvalue weighted by atomic mass is 9.97. The van der Waals surface area contributed by atoms with Crippen LogP contribution >= 0.6 is 0 Å². The summed E-state index contributed by atoms with van der Waals surface area (Å²) in [6.07, 6.45) is 3.60. The molecular weight excluding hydrogens is 512 g/mol. The van der Waals surface area contributed by atoms with Gasteiger partial charge in [0, 0.05) is 43.0 Å². The minimum Gasteiger partial charge on any atom is -0.367 e. The third-order valence-corrected chi connectivity index (χ3v) is 7.34. The molecule has 41 heavy (non-hydrogen) atoms. The van der Waals surface area contributed by atoms with E-state index in [2.05, 4.69) is 49.4 Å². The monoisotopic (exact) mass is 540 g/mol. The van der Waals surface area contributed by atoms with Crippen LogP contribution in [-0.4, -0.2) is 49.9 Å². The lowest BCUT2D eigenvalue weighted by Gasteiger charge is -2.32. The highest BCUT2D eigenvalue weighted by Crippen LogP contribution is 2.33. The average molecular weight is 541 g/mol. The number of fused-ring (bicyclic) bond motifs is 1. The summed E-state index contributed by atoms with van der Waals surface area (Å²) in [5.74, 6) is 0.319. The molecule has 1 saturated heterocycles. The van der Waals surface area contributed by atoms with E-state index in [4.69, 9.17) is 16.0 Å². The maximum absolute atomic E-state index is 11.7. The van der Waals surface area contributed by atoms with E-state index >= 15 is 0 Å². The summed E-state index contributed by atoms with van der Waals surface area (Å²) >= 11 is 0. The fourth-order valence-electron chi connectivity index (χ4n) is 5.21. The molecule has 3 N–H and O–H groups in total. The Morgan fingerprint density at radius 1 is 0.927 bits per heavy atom. The number of benzene rings is 2. The molecule has 9 nitrogen and oxygen atoms in total. The van der Waals surface area contributed by atoms with Crippen LogP contribution < -0.4 is 11.1 Å². The van der Waals surface area contributed by atoms with Crippen molar-refractivity contribution in [2.45, 2.75) is 25.4 Å². The maximum atomic E-state index is 11.7.